The minimum atomic E-state index is -0.277. The summed E-state index contributed by atoms with van der Waals surface area (Å²) in [4.78, 5) is 40.1. The maximum atomic E-state index is 12.6. The molecule has 2 heterocycles. The second-order valence-electron chi connectivity index (χ2n) is 6.83. The van der Waals surface area contributed by atoms with Gasteiger partial charge in [0.05, 0.1) is 12.2 Å². The lowest BCUT2D eigenvalue weighted by Crippen LogP contribution is -2.43. The van der Waals surface area contributed by atoms with Crippen LogP contribution in [0.5, 0.6) is 0 Å². The van der Waals surface area contributed by atoms with Gasteiger partial charge in [-0.05, 0) is 49.2 Å². The van der Waals surface area contributed by atoms with Gasteiger partial charge in [0.2, 0.25) is 5.91 Å². The van der Waals surface area contributed by atoms with Gasteiger partial charge in [-0.25, -0.2) is 0 Å². The van der Waals surface area contributed by atoms with Crippen LogP contribution in [0.2, 0.25) is 0 Å². The van der Waals surface area contributed by atoms with E-state index >= 15 is 0 Å². The monoisotopic (exact) mass is 369 g/mol. The highest BCUT2D eigenvalue weighted by molar-refractivity contribution is 5.97. The van der Waals surface area contributed by atoms with Crippen LogP contribution in [-0.2, 0) is 4.79 Å². The lowest BCUT2D eigenvalue weighted by molar-refractivity contribution is -0.121. The van der Waals surface area contributed by atoms with Crippen LogP contribution in [0.25, 0.3) is 0 Å². The van der Waals surface area contributed by atoms with E-state index in [1.54, 1.807) is 55.4 Å². The molecule has 27 heavy (non-hydrogen) atoms. The summed E-state index contributed by atoms with van der Waals surface area (Å²) in [6, 6.07) is 10.1. The SMILES string of the molecule is CN(C)C(=O)c1ccc(NC(=O)[C@@H]2CCCN(C(=O)c3ccco3)C2)cc1. The molecule has 0 spiro atoms. The van der Waals surface area contributed by atoms with E-state index in [1.807, 2.05) is 0 Å². The van der Waals surface area contributed by atoms with Crippen molar-refractivity contribution in [2.45, 2.75) is 12.8 Å². The van der Waals surface area contributed by atoms with Crippen molar-refractivity contribution in [3.05, 3.63) is 54.0 Å². The van der Waals surface area contributed by atoms with Gasteiger partial charge in [0.1, 0.15) is 0 Å². The predicted molar refractivity (Wildman–Crippen MR) is 100 cm³/mol. The molecule has 0 aliphatic carbocycles. The summed E-state index contributed by atoms with van der Waals surface area (Å²) in [6.07, 6.45) is 2.96. The quantitative estimate of drug-likeness (QED) is 0.897. The molecule has 3 amide bonds. The van der Waals surface area contributed by atoms with Crippen molar-refractivity contribution in [2.75, 3.05) is 32.5 Å². The Kier molecular flexibility index (Phi) is 5.59. The number of hydrogen-bond acceptors (Lipinski definition) is 4. The highest BCUT2D eigenvalue weighted by Gasteiger charge is 2.29. The average Bonchev–Trinajstić information content (AvgIpc) is 3.22. The average molecular weight is 369 g/mol. The second kappa shape index (κ2) is 8.07. The van der Waals surface area contributed by atoms with Gasteiger partial charge < -0.3 is 19.5 Å². The van der Waals surface area contributed by atoms with Crippen molar-refractivity contribution in [3.63, 3.8) is 0 Å². The highest BCUT2D eigenvalue weighted by Crippen LogP contribution is 2.21. The molecular weight excluding hydrogens is 346 g/mol. The van der Waals surface area contributed by atoms with E-state index in [0.717, 1.165) is 12.8 Å². The zero-order valence-corrected chi connectivity index (χ0v) is 15.5. The molecule has 0 radical (unpaired) electrons. The molecule has 3 rings (SSSR count). The number of benzene rings is 1. The smallest absolute Gasteiger partial charge is 0.289 e. The lowest BCUT2D eigenvalue weighted by Gasteiger charge is -2.31. The first-order chi connectivity index (χ1) is 13.0. The van der Waals surface area contributed by atoms with Gasteiger partial charge in [-0.1, -0.05) is 0 Å². The van der Waals surface area contributed by atoms with Gasteiger partial charge in [-0.15, -0.1) is 0 Å². The first kappa shape index (κ1) is 18.7. The molecule has 1 aromatic carbocycles. The van der Waals surface area contributed by atoms with Gasteiger partial charge in [0.25, 0.3) is 11.8 Å². The fourth-order valence-electron chi connectivity index (χ4n) is 3.13. The number of furan rings is 1. The molecule has 1 saturated heterocycles. The molecule has 142 valence electrons. The van der Waals surface area contributed by atoms with Gasteiger partial charge in [-0.2, -0.15) is 0 Å². The number of likely N-dealkylation sites (tertiary alicyclic amines) is 1. The van der Waals surface area contributed by atoms with E-state index in [2.05, 4.69) is 5.32 Å². The van der Waals surface area contributed by atoms with Crippen molar-refractivity contribution in [2.24, 2.45) is 5.92 Å². The van der Waals surface area contributed by atoms with Gasteiger partial charge >= 0.3 is 0 Å². The Labute approximate surface area is 157 Å². The summed E-state index contributed by atoms with van der Waals surface area (Å²) in [7, 11) is 3.38. The Morgan fingerprint density at radius 2 is 1.89 bits per heavy atom. The van der Waals surface area contributed by atoms with Crippen LogP contribution in [0.1, 0.15) is 33.8 Å². The highest BCUT2D eigenvalue weighted by atomic mass is 16.3. The Hall–Kier alpha value is -3.09. The van der Waals surface area contributed by atoms with Crippen LogP contribution < -0.4 is 5.32 Å². The molecule has 0 unspecified atom stereocenters. The van der Waals surface area contributed by atoms with Crippen LogP contribution in [0, 0.1) is 5.92 Å². The molecule has 0 bridgehead atoms. The van der Waals surface area contributed by atoms with Gasteiger partial charge in [0.15, 0.2) is 5.76 Å². The van der Waals surface area contributed by atoms with Crippen molar-refractivity contribution < 1.29 is 18.8 Å². The van der Waals surface area contributed by atoms with Crippen LogP contribution in [0.15, 0.2) is 47.1 Å². The zero-order chi connectivity index (χ0) is 19.4. The summed E-state index contributed by atoms with van der Waals surface area (Å²) >= 11 is 0. The first-order valence-electron chi connectivity index (χ1n) is 8.91. The van der Waals surface area contributed by atoms with E-state index in [0.29, 0.717) is 24.3 Å². The maximum Gasteiger partial charge on any atom is 0.289 e. The molecule has 1 fully saturated rings. The number of anilines is 1. The van der Waals surface area contributed by atoms with Crippen LogP contribution in [-0.4, -0.2) is 54.7 Å². The van der Waals surface area contributed by atoms with E-state index in [1.165, 1.54) is 11.2 Å². The number of rotatable bonds is 4. The minimum absolute atomic E-state index is 0.0905. The van der Waals surface area contributed by atoms with Gasteiger partial charge in [-0.3, -0.25) is 14.4 Å². The fraction of sp³-hybridized carbons (Fsp3) is 0.350. The third-order valence-corrected chi connectivity index (χ3v) is 4.62. The molecule has 0 saturated carbocycles. The van der Waals surface area contributed by atoms with E-state index in [4.69, 9.17) is 4.42 Å². The number of nitrogens with one attached hydrogen (secondary N) is 1. The lowest BCUT2D eigenvalue weighted by atomic mass is 9.96. The third-order valence-electron chi connectivity index (χ3n) is 4.62. The molecule has 1 aliphatic heterocycles. The summed E-state index contributed by atoms with van der Waals surface area (Å²) in [5, 5.41) is 2.88. The normalized spacial score (nSPS) is 16.7. The minimum Gasteiger partial charge on any atom is -0.459 e. The van der Waals surface area contributed by atoms with E-state index in [9.17, 15) is 14.4 Å². The summed E-state index contributed by atoms with van der Waals surface area (Å²) in [6.45, 7) is 0.979. The van der Waals surface area contributed by atoms with Crippen molar-refractivity contribution in [1.29, 1.82) is 0 Å². The largest absolute Gasteiger partial charge is 0.459 e. The van der Waals surface area contributed by atoms with E-state index in [-0.39, 0.29) is 29.4 Å². The van der Waals surface area contributed by atoms with E-state index < -0.39 is 0 Å². The number of carbonyl (C=O) groups excluding carboxylic acids is 3. The van der Waals surface area contributed by atoms with Crippen LogP contribution in [0.3, 0.4) is 0 Å². The molecule has 7 heteroatoms. The summed E-state index contributed by atoms with van der Waals surface area (Å²) in [5.41, 5.74) is 1.19. The first-order valence-corrected chi connectivity index (χ1v) is 8.91. The Morgan fingerprint density at radius 1 is 1.15 bits per heavy atom. The second-order valence-corrected chi connectivity index (χ2v) is 6.83. The number of nitrogens with zero attached hydrogens (tertiary/aromatic N) is 2. The Morgan fingerprint density at radius 3 is 2.52 bits per heavy atom. The maximum absolute atomic E-state index is 12.6. The molecule has 1 atom stereocenters. The van der Waals surface area contributed by atoms with Crippen LogP contribution >= 0.6 is 0 Å². The Bertz CT molecular complexity index is 812. The summed E-state index contributed by atoms with van der Waals surface area (Å²) in [5.74, 6) is -0.395. The Balaban J connectivity index is 1.60. The number of piperidine rings is 1. The number of hydrogen-bond donors (Lipinski definition) is 1. The fourth-order valence-corrected chi connectivity index (χ4v) is 3.13. The number of carbonyl (C=O) groups is 3. The third kappa shape index (κ3) is 4.36. The van der Waals surface area contributed by atoms with Crippen molar-refractivity contribution >= 4 is 23.4 Å². The standard InChI is InChI=1S/C20H23N3O4/c1-22(2)19(25)14-7-9-16(10-8-14)21-18(24)15-5-3-11-23(13-15)20(26)17-6-4-12-27-17/h4,6-10,12,15H,3,5,11,13H2,1-2H3,(H,21,24)/t15-/m1/s1. The summed E-state index contributed by atoms with van der Waals surface area (Å²) < 4.78 is 5.16. The molecule has 1 aliphatic rings. The van der Waals surface area contributed by atoms with Crippen molar-refractivity contribution in [1.82, 2.24) is 9.80 Å². The molecule has 1 N–H and O–H groups in total. The zero-order valence-electron chi connectivity index (χ0n) is 15.5. The molecular formula is C20H23N3O4. The van der Waals surface area contributed by atoms with Crippen LogP contribution in [0.4, 0.5) is 5.69 Å². The van der Waals surface area contributed by atoms with Gasteiger partial charge in [0, 0.05) is 38.4 Å². The van der Waals surface area contributed by atoms with Crippen molar-refractivity contribution in [3.8, 4) is 0 Å². The molecule has 2 aromatic rings. The number of amides is 3. The molecule has 7 nitrogen and oxygen atoms in total. The topological polar surface area (TPSA) is 82.9 Å². The predicted octanol–water partition coefficient (Wildman–Crippen LogP) is 2.47. The molecule has 1 aromatic heterocycles.